The number of hydrogen-bond acceptors (Lipinski definition) is 3. The molecule has 2 atom stereocenters. The number of halogens is 2. The van der Waals surface area contributed by atoms with Gasteiger partial charge in [-0.2, -0.15) is 0 Å². The molecular weight excluding hydrogens is 252 g/mol. The van der Waals surface area contributed by atoms with Crippen LogP contribution in [0.2, 0.25) is 0 Å². The van der Waals surface area contributed by atoms with Crippen LogP contribution in [-0.4, -0.2) is 48.5 Å². The van der Waals surface area contributed by atoms with E-state index in [1.54, 1.807) is 0 Å². The van der Waals surface area contributed by atoms with Crippen LogP contribution < -0.4 is 0 Å². The second kappa shape index (κ2) is 6.41. The first-order valence-electron chi connectivity index (χ1n) is 6.56. The summed E-state index contributed by atoms with van der Waals surface area (Å²) in [5.41, 5.74) is 0.573. The normalized spacial score (nSPS) is 22.4. The molecule has 3 nitrogen and oxygen atoms in total. The molecule has 1 N–H and O–H groups in total. The molecule has 0 amide bonds. The van der Waals surface area contributed by atoms with Gasteiger partial charge in [0.2, 0.25) is 0 Å². The first-order valence-corrected chi connectivity index (χ1v) is 6.56. The van der Waals surface area contributed by atoms with Gasteiger partial charge in [0.1, 0.15) is 0 Å². The molecule has 0 bridgehead atoms. The van der Waals surface area contributed by atoms with Crippen LogP contribution in [0.15, 0.2) is 18.2 Å². The third kappa shape index (κ3) is 3.72. The van der Waals surface area contributed by atoms with Crippen molar-refractivity contribution in [3.05, 3.63) is 35.4 Å². The minimum atomic E-state index is -0.885. The van der Waals surface area contributed by atoms with Gasteiger partial charge in [0.05, 0.1) is 18.8 Å². The Balaban J connectivity index is 1.96. The number of nitrogens with zero attached hydrogens (tertiary/aromatic N) is 1. The minimum Gasteiger partial charge on any atom is -0.390 e. The number of benzene rings is 1. The number of ether oxygens (including phenoxy) is 1. The standard InChI is InChI=1S/C14H19F2NO2/c1-2-17-5-6-19-14(9-17)13(18)8-10-3-4-11(15)12(16)7-10/h3-4,7,13-14,18H,2,5-6,8-9H2,1H3. The number of aliphatic hydroxyl groups is 1. The molecule has 1 heterocycles. The molecule has 2 rings (SSSR count). The zero-order valence-electron chi connectivity index (χ0n) is 11.0. The molecule has 0 aromatic heterocycles. The Morgan fingerprint density at radius 3 is 2.89 bits per heavy atom. The lowest BCUT2D eigenvalue weighted by Gasteiger charge is -2.34. The molecule has 0 saturated carbocycles. The van der Waals surface area contributed by atoms with E-state index >= 15 is 0 Å². The molecule has 1 fully saturated rings. The highest BCUT2D eigenvalue weighted by Crippen LogP contribution is 2.15. The van der Waals surface area contributed by atoms with E-state index in [-0.39, 0.29) is 12.5 Å². The Morgan fingerprint density at radius 2 is 2.21 bits per heavy atom. The van der Waals surface area contributed by atoms with E-state index in [1.165, 1.54) is 6.07 Å². The number of rotatable bonds is 4. The van der Waals surface area contributed by atoms with Crippen LogP contribution in [0.4, 0.5) is 8.78 Å². The third-order valence-corrected chi connectivity index (χ3v) is 3.48. The van der Waals surface area contributed by atoms with E-state index in [4.69, 9.17) is 4.74 Å². The van der Waals surface area contributed by atoms with Crippen molar-refractivity contribution >= 4 is 0 Å². The minimum absolute atomic E-state index is 0.263. The predicted octanol–water partition coefficient (Wildman–Crippen LogP) is 1.59. The molecular formula is C14H19F2NO2. The molecule has 1 saturated heterocycles. The lowest BCUT2D eigenvalue weighted by molar-refractivity contribution is -0.0867. The van der Waals surface area contributed by atoms with Gasteiger partial charge in [-0.1, -0.05) is 13.0 Å². The summed E-state index contributed by atoms with van der Waals surface area (Å²) in [7, 11) is 0. The molecule has 0 radical (unpaired) electrons. The molecule has 0 spiro atoms. The van der Waals surface area contributed by atoms with Crippen LogP contribution in [0, 0.1) is 11.6 Å². The van der Waals surface area contributed by atoms with Gasteiger partial charge in [-0.3, -0.25) is 4.90 Å². The smallest absolute Gasteiger partial charge is 0.159 e. The SMILES string of the molecule is CCN1CCOC(C(O)Cc2ccc(F)c(F)c2)C1. The fourth-order valence-electron chi connectivity index (χ4n) is 2.29. The Kier molecular flexibility index (Phi) is 4.85. The van der Waals surface area contributed by atoms with Crippen LogP contribution in [0.25, 0.3) is 0 Å². The summed E-state index contributed by atoms with van der Waals surface area (Å²) in [4.78, 5) is 2.20. The first kappa shape index (κ1) is 14.4. The largest absolute Gasteiger partial charge is 0.390 e. The van der Waals surface area contributed by atoms with Gasteiger partial charge < -0.3 is 9.84 Å². The van der Waals surface area contributed by atoms with Crippen LogP contribution in [0.1, 0.15) is 12.5 Å². The van der Waals surface area contributed by atoms with Crippen LogP contribution in [0.5, 0.6) is 0 Å². The van der Waals surface area contributed by atoms with Gasteiger partial charge >= 0.3 is 0 Å². The fourth-order valence-corrected chi connectivity index (χ4v) is 2.29. The topological polar surface area (TPSA) is 32.7 Å². The van der Waals surface area contributed by atoms with Crippen molar-refractivity contribution in [1.82, 2.24) is 4.90 Å². The maximum Gasteiger partial charge on any atom is 0.159 e. The van der Waals surface area contributed by atoms with E-state index < -0.39 is 17.7 Å². The third-order valence-electron chi connectivity index (χ3n) is 3.48. The molecule has 1 aromatic carbocycles. The molecule has 19 heavy (non-hydrogen) atoms. The van der Waals surface area contributed by atoms with Gasteiger partial charge in [0.15, 0.2) is 11.6 Å². The monoisotopic (exact) mass is 271 g/mol. The summed E-state index contributed by atoms with van der Waals surface area (Å²) >= 11 is 0. The average molecular weight is 271 g/mol. The molecule has 1 aliphatic heterocycles. The van der Waals surface area contributed by atoms with E-state index in [2.05, 4.69) is 11.8 Å². The van der Waals surface area contributed by atoms with Crippen LogP contribution >= 0.6 is 0 Å². The summed E-state index contributed by atoms with van der Waals surface area (Å²) < 4.78 is 31.4. The quantitative estimate of drug-likeness (QED) is 0.902. The van der Waals surface area contributed by atoms with E-state index in [0.717, 1.165) is 25.2 Å². The van der Waals surface area contributed by atoms with Gasteiger partial charge in [-0.15, -0.1) is 0 Å². The molecule has 0 aliphatic carbocycles. The highest BCUT2D eigenvalue weighted by Gasteiger charge is 2.26. The Bertz CT molecular complexity index is 428. The van der Waals surface area contributed by atoms with Crippen molar-refractivity contribution in [2.45, 2.75) is 25.6 Å². The molecule has 5 heteroatoms. The Hall–Kier alpha value is -1.04. The average Bonchev–Trinajstić information content (AvgIpc) is 2.43. The van der Waals surface area contributed by atoms with E-state index in [9.17, 15) is 13.9 Å². The van der Waals surface area contributed by atoms with Crippen LogP contribution in [-0.2, 0) is 11.2 Å². The number of likely N-dealkylation sites (N-methyl/N-ethyl adjacent to an activating group) is 1. The van der Waals surface area contributed by atoms with E-state index in [0.29, 0.717) is 18.7 Å². The maximum absolute atomic E-state index is 13.1. The van der Waals surface area contributed by atoms with Crippen LogP contribution in [0.3, 0.4) is 0 Å². The Morgan fingerprint density at radius 1 is 1.42 bits per heavy atom. The van der Waals surface area contributed by atoms with Gasteiger partial charge in [0.25, 0.3) is 0 Å². The van der Waals surface area contributed by atoms with Crippen molar-refractivity contribution in [3.8, 4) is 0 Å². The summed E-state index contributed by atoms with van der Waals surface area (Å²) in [6.07, 6.45) is -0.722. The van der Waals surface area contributed by atoms with Crippen molar-refractivity contribution in [1.29, 1.82) is 0 Å². The second-order valence-electron chi connectivity index (χ2n) is 4.82. The lowest BCUT2D eigenvalue weighted by atomic mass is 10.0. The molecule has 2 unspecified atom stereocenters. The van der Waals surface area contributed by atoms with Crippen molar-refractivity contribution in [2.75, 3.05) is 26.2 Å². The maximum atomic E-state index is 13.1. The summed E-state index contributed by atoms with van der Waals surface area (Å²) in [6.45, 7) is 5.10. The number of hydrogen-bond donors (Lipinski definition) is 1. The van der Waals surface area contributed by atoms with Crippen molar-refractivity contribution in [2.24, 2.45) is 0 Å². The highest BCUT2D eigenvalue weighted by molar-refractivity contribution is 5.18. The zero-order chi connectivity index (χ0) is 13.8. The summed E-state index contributed by atoms with van der Waals surface area (Å²) in [5.74, 6) is -1.76. The predicted molar refractivity (Wildman–Crippen MR) is 67.9 cm³/mol. The molecule has 1 aromatic rings. The Labute approximate surface area is 111 Å². The fraction of sp³-hybridized carbons (Fsp3) is 0.571. The summed E-state index contributed by atoms with van der Waals surface area (Å²) in [5, 5.41) is 10.1. The van der Waals surface area contributed by atoms with Crippen molar-refractivity contribution in [3.63, 3.8) is 0 Å². The highest BCUT2D eigenvalue weighted by atomic mass is 19.2. The van der Waals surface area contributed by atoms with Gasteiger partial charge in [-0.25, -0.2) is 8.78 Å². The zero-order valence-corrected chi connectivity index (χ0v) is 11.0. The molecule has 1 aliphatic rings. The lowest BCUT2D eigenvalue weighted by Crippen LogP contribution is -2.48. The van der Waals surface area contributed by atoms with Gasteiger partial charge in [-0.05, 0) is 24.2 Å². The second-order valence-corrected chi connectivity index (χ2v) is 4.82. The molecule has 106 valence electrons. The summed E-state index contributed by atoms with van der Waals surface area (Å²) in [6, 6.07) is 3.69. The number of morpholine rings is 1. The first-order chi connectivity index (χ1) is 9.10. The van der Waals surface area contributed by atoms with E-state index in [1.807, 2.05) is 0 Å². The van der Waals surface area contributed by atoms with Gasteiger partial charge in [0, 0.05) is 19.5 Å². The number of aliphatic hydroxyl groups excluding tert-OH is 1. The van der Waals surface area contributed by atoms with Crippen molar-refractivity contribution < 1.29 is 18.6 Å².